The average Bonchev–Trinajstić information content (AvgIpc) is 3.11. The van der Waals surface area contributed by atoms with Crippen LogP contribution in [0.5, 0.6) is 0 Å². The van der Waals surface area contributed by atoms with Crippen molar-refractivity contribution in [1.29, 1.82) is 0 Å². The van der Waals surface area contributed by atoms with Gasteiger partial charge in [0.25, 0.3) is 5.91 Å². The molecule has 1 amide bonds. The number of nitrogens with one attached hydrogen (secondary N) is 1. The summed E-state index contributed by atoms with van der Waals surface area (Å²) in [6, 6.07) is 9.36. The Hall–Kier alpha value is -2.70. The van der Waals surface area contributed by atoms with E-state index in [1.165, 1.54) is 0 Å². The third-order valence-electron chi connectivity index (χ3n) is 3.89. The third-order valence-corrected chi connectivity index (χ3v) is 3.89. The molecule has 1 aliphatic rings. The number of benzene rings is 1. The van der Waals surface area contributed by atoms with Gasteiger partial charge in [-0.3, -0.25) is 4.79 Å². The van der Waals surface area contributed by atoms with Gasteiger partial charge in [0.2, 0.25) is 0 Å². The summed E-state index contributed by atoms with van der Waals surface area (Å²) in [5.74, 6) is 0.898. The number of fused-ring (bicyclic) bond motifs is 1. The van der Waals surface area contributed by atoms with Crippen molar-refractivity contribution in [3.8, 4) is 0 Å². The summed E-state index contributed by atoms with van der Waals surface area (Å²) in [6.07, 6.45) is 0. The van der Waals surface area contributed by atoms with Crippen LogP contribution in [0.3, 0.4) is 0 Å². The first kappa shape index (κ1) is 12.1. The van der Waals surface area contributed by atoms with E-state index in [1.807, 2.05) is 31.2 Å². The lowest BCUT2D eigenvalue weighted by Crippen LogP contribution is -2.60. The summed E-state index contributed by atoms with van der Waals surface area (Å²) in [6.45, 7) is 3.13. The highest BCUT2D eigenvalue weighted by molar-refractivity contribution is 5.96. The van der Waals surface area contributed by atoms with Crippen molar-refractivity contribution in [2.45, 2.75) is 12.3 Å². The molecule has 0 saturated carbocycles. The zero-order valence-corrected chi connectivity index (χ0v) is 11.4. The molecule has 7 heteroatoms. The first-order valence-corrected chi connectivity index (χ1v) is 6.67. The van der Waals surface area contributed by atoms with Crippen LogP contribution in [0.1, 0.15) is 23.3 Å². The molecule has 0 atom stereocenters. The normalized spacial score (nSPS) is 16.9. The minimum atomic E-state index is -0.241. The maximum absolute atomic E-state index is 12.4. The molecule has 1 aromatic carbocycles. The Bertz CT molecular complexity index is 769. The predicted octanol–water partition coefficient (Wildman–Crippen LogP) is 1.36. The summed E-state index contributed by atoms with van der Waals surface area (Å²) in [7, 11) is 0. The SMILES string of the molecule is CC1(c2nn[nH]n2)CN(C(=O)c2cc3ccccc3o2)C1. The number of carbonyl (C=O) groups is 1. The second-order valence-corrected chi connectivity index (χ2v) is 5.61. The van der Waals surface area contributed by atoms with E-state index >= 15 is 0 Å². The molecule has 0 spiro atoms. The van der Waals surface area contributed by atoms with Gasteiger partial charge in [-0.1, -0.05) is 23.4 Å². The Balaban J connectivity index is 1.54. The number of likely N-dealkylation sites (tertiary alicyclic amines) is 1. The molecule has 106 valence electrons. The molecular weight excluding hydrogens is 270 g/mol. The van der Waals surface area contributed by atoms with Gasteiger partial charge < -0.3 is 9.32 Å². The molecule has 21 heavy (non-hydrogen) atoms. The number of para-hydroxylation sites is 1. The van der Waals surface area contributed by atoms with Crippen LogP contribution in [0.25, 0.3) is 11.0 Å². The van der Waals surface area contributed by atoms with E-state index in [9.17, 15) is 4.79 Å². The molecule has 0 unspecified atom stereocenters. The van der Waals surface area contributed by atoms with Gasteiger partial charge in [-0.25, -0.2) is 0 Å². The van der Waals surface area contributed by atoms with Gasteiger partial charge in [-0.15, -0.1) is 10.2 Å². The van der Waals surface area contributed by atoms with Gasteiger partial charge in [-0.05, 0) is 19.1 Å². The second kappa shape index (κ2) is 4.15. The van der Waals surface area contributed by atoms with Gasteiger partial charge in [0.15, 0.2) is 11.6 Å². The number of hydrogen-bond acceptors (Lipinski definition) is 5. The van der Waals surface area contributed by atoms with Crippen molar-refractivity contribution in [2.75, 3.05) is 13.1 Å². The van der Waals surface area contributed by atoms with Gasteiger partial charge in [0.1, 0.15) is 5.58 Å². The monoisotopic (exact) mass is 283 g/mol. The average molecular weight is 283 g/mol. The van der Waals surface area contributed by atoms with E-state index < -0.39 is 0 Å². The highest BCUT2D eigenvalue weighted by Gasteiger charge is 2.46. The fourth-order valence-corrected chi connectivity index (χ4v) is 2.74. The van der Waals surface area contributed by atoms with E-state index in [0.29, 0.717) is 24.7 Å². The van der Waals surface area contributed by atoms with E-state index in [-0.39, 0.29) is 11.3 Å². The minimum Gasteiger partial charge on any atom is -0.451 e. The quantitative estimate of drug-likeness (QED) is 0.767. The van der Waals surface area contributed by atoms with E-state index in [1.54, 1.807) is 11.0 Å². The third kappa shape index (κ3) is 1.81. The van der Waals surface area contributed by atoms with Crippen molar-refractivity contribution < 1.29 is 9.21 Å². The molecule has 0 radical (unpaired) electrons. The Morgan fingerprint density at radius 1 is 1.38 bits per heavy atom. The summed E-state index contributed by atoms with van der Waals surface area (Å²) in [5, 5.41) is 15.0. The maximum Gasteiger partial charge on any atom is 0.289 e. The molecule has 1 aliphatic heterocycles. The zero-order chi connectivity index (χ0) is 14.4. The maximum atomic E-state index is 12.4. The largest absolute Gasteiger partial charge is 0.451 e. The highest BCUT2D eigenvalue weighted by Crippen LogP contribution is 2.33. The van der Waals surface area contributed by atoms with Crippen molar-refractivity contribution in [1.82, 2.24) is 25.5 Å². The molecule has 3 aromatic rings. The lowest BCUT2D eigenvalue weighted by Gasteiger charge is -2.45. The number of nitrogens with zero attached hydrogens (tertiary/aromatic N) is 4. The number of rotatable bonds is 2. The van der Waals surface area contributed by atoms with Crippen LogP contribution in [-0.4, -0.2) is 44.5 Å². The van der Waals surface area contributed by atoms with Gasteiger partial charge >= 0.3 is 0 Å². The summed E-state index contributed by atoms with van der Waals surface area (Å²) in [5.41, 5.74) is 0.483. The lowest BCUT2D eigenvalue weighted by atomic mass is 9.81. The second-order valence-electron chi connectivity index (χ2n) is 5.61. The van der Waals surface area contributed by atoms with Gasteiger partial charge in [0, 0.05) is 18.5 Å². The van der Waals surface area contributed by atoms with Crippen molar-refractivity contribution >= 4 is 16.9 Å². The molecule has 1 fully saturated rings. The van der Waals surface area contributed by atoms with Gasteiger partial charge in [0.05, 0.1) is 5.41 Å². The Morgan fingerprint density at radius 2 is 2.19 bits per heavy atom. The Labute approximate surface area is 119 Å². The fraction of sp³-hybridized carbons (Fsp3) is 0.286. The fourth-order valence-electron chi connectivity index (χ4n) is 2.74. The minimum absolute atomic E-state index is 0.104. The standard InChI is InChI=1S/C14H13N5O2/c1-14(13-15-17-18-16-13)7-19(8-14)12(20)11-6-9-4-2-3-5-10(9)21-11/h2-6H,7-8H2,1H3,(H,15,16,17,18). The Morgan fingerprint density at radius 3 is 2.90 bits per heavy atom. The van der Waals surface area contributed by atoms with Crippen LogP contribution in [0.4, 0.5) is 0 Å². The lowest BCUT2D eigenvalue weighted by molar-refractivity contribution is 0.0385. The molecule has 3 heterocycles. The molecule has 0 bridgehead atoms. The van der Waals surface area contributed by atoms with Crippen LogP contribution in [0.2, 0.25) is 0 Å². The van der Waals surface area contributed by atoms with Crippen molar-refractivity contribution in [3.05, 3.63) is 41.9 Å². The van der Waals surface area contributed by atoms with E-state index in [4.69, 9.17) is 4.42 Å². The van der Waals surface area contributed by atoms with Crippen LogP contribution < -0.4 is 0 Å². The first-order chi connectivity index (χ1) is 10.2. The van der Waals surface area contributed by atoms with Crippen LogP contribution in [-0.2, 0) is 5.41 Å². The number of amides is 1. The number of carbonyl (C=O) groups excluding carboxylic acids is 1. The number of tetrazole rings is 1. The first-order valence-electron chi connectivity index (χ1n) is 6.67. The van der Waals surface area contributed by atoms with Crippen LogP contribution in [0.15, 0.2) is 34.7 Å². The van der Waals surface area contributed by atoms with Gasteiger partial charge in [-0.2, -0.15) is 5.21 Å². The molecule has 2 aromatic heterocycles. The highest BCUT2D eigenvalue weighted by atomic mass is 16.3. The van der Waals surface area contributed by atoms with E-state index in [2.05, 4.69) is 20.6 Å². The van der Waals surface area contributed by atoms with Crippen molar-refractivity contribution in [2.24, 2.45) is 0 Å². The molecule has 1 saturated heterocycles. The van der Waals surface area contributed by atoms with E-state index in [0.717, 1.165) is 11.0 Å². The van der Waals surface area contributed by atoms with Crippen LogP contribution in [0, 0.1) is 0 Å². The zero-order valence-electron chi connectivity index (χ0n) is 11.4. The smallest absolute Gasteiger partial charge is 0.289 e. The van der Waals surface area contributed by atoms with Crippen molar-refractivity contribution in [3.63, 3.8) is 0 Å². The number of hydrogen-bond donors (Lipinski definition) is 1. The molecule has 4 rings (SSSR count). The summed E-state index contributed by atoms with van der Waals surface area (Å²) < 4.78 is 5.60. The summed E-state index contributed by atoms with van der Waals surface area (Å²) in [4.78, 5) is 14.2. The number of H-pyrrole nitrogens is 1. The Kier molecular flexibility index (Phi) is 2.38. The summed E-state index contributed by atoms with van der Waals surface area (Å²) >= 11 is 0. The molecule has 1 N–H and O–H groups in total. The topological polar surface area (TPSA) is 87.9 Å². The predicted molar refractivity (Wildman–Crippen MR) is 73.6 cm³/mol. The number of aromatic amines is 1. The number of furan rings is 1. The number of aromatic nitrogens is 4. The molecule has 7 nitrogen and oxygen atoms in total. The van der Waals surface area contributed by atoms with Crippen LogP contribution >= 0.6 is 0 Å². The molecule has 0 aliphatic carbocycles. The molecular formula is C14H13N5O2.